The predicted octanol–water partition coefficient (Wildman–Crippen LogP) is 5.34. The average Bonchev–Trinajstić information content (AvgIpc) is 3.27. The zero-order valence-electron chi connectivity index (χ0n) is 24.2. The summed E-state index contributed by atoms with van der Waals surface area (Å²) < 4.78 is 47.1. The van der Waals surface area contributed by atoms with E-state index in [-0.39, 0.29) is 6.42 Å². The lowest BCUT2D eigenvalue weighted by molar-refractivity contribution is -0.154. The zero-order chi connectivity index (χ0) is 30.4. The number of ether oxygens (including phenoxy) is 1. The van der Waals surface area contributed by atoms with Crippen molar-refractivity contribution in [2.45, 2.75) is 84.9 Å². The summed E-state index contributed by atoms with van der Waals surface area (Å²) in [5.41, 5.74) is -1.12. The second-order valence-electron chi connectivity index (χ2n) is 11.3. The topological polar surface area (TPSA) is 100.0 Å². The number of carbonyl (C=O) groups excluding carboxylic acids is 2. The van der Waals surface area contributed by atoms with Crippen LogP contribution in [0.15, 0.2) is 34.8 Å². The zero-order valence-corrected chi connectivity index (χ0v) is 25.0. The van der Waals surface area contributed by atoms with Crippen LogP contribution in [0.1, 0.15) is 64.6 Å². The summed E-state index contributed by atoms with van der Waals surface area (Å²) in [6.07, 6.45) is -4.07. The standard InChI is InChI=1S/C29H41F3N2O5S/c1-17-9-8-10-20(29(30,31)32)11-12-22(18(2)13-21-16-40-24(33-21)15-34(6)7)39-25(36)14-23(35)28(4,5)27(38)19(3)26(17)37/h8-9,11,13,16-17,19,22-23,26,35,37H,10,12,14-15H2,1-7H3/b9-8+,18-13+,20-11+. The number of cyclic esters (lactones) is 1. The first-order chi connectivity index (χ1) is 18.4. The van der Waals surface area contributed by atoms with E-state index >= 15 is 0 Å². The third kappa shape index (κ3) is 9.36. The monoisotopic (exact) mass is 586 g/mol. The van der Waals surface area contributed by atoms with Gasteiger partial charge in [-0.15, -0.1) is 11.3 Å². The number of esters is 1. The molecule has 0 aromatic carbocycles. The number of hydrogen-bond donors (Lipinski definition) is 2. The maximum Gasteiger partial charge on any atom is 0.412 e. The average molecular weight is 587 g/mol. The van der Waals surface area contributed by atoms with Gasteiger partial charge in [0, 0.05) is 35.8 Å². The molecule has 2 heterocycles. The van der Waals surface area contributed by atoms with E-state index in [0.717, 1.165) is 11.1 Å². The minimum absolute atomic E-state index is 0.251. The van der Waals surface area contributed by atoms with Crippen molar-refractivity contribution in [2.75, 3.05) is 14.1 Å². The van der Waals surface area contributed by atoms with Crippen LogP contribution in [0.4, 0.5) is 13.2 Å². The van der Waals surface area contributed by atoms with Crippen LogP contribution in [0.25, 0.3) is 6.08 Å². The Bertz CT molecular complexity index is 1120. The van der Waals surface area contributed by atoms with Gasteiger partial charge in [-0.3, -0.25) is 9.59 Å². The van der Waals surface area contributed by atoms with Crippen LogP contribution in [-0.2, 0) is 20.9 Å². The quantitative estimate of drug-likeness (QED) is 0.363. The van der Waals surface area contributed by atoms with Gasteiger partial charge in [0.05, 0.1) is 29.7 Å². The first-order valence-corrected chi connectivity index (χ1v) is 14.1. The van der Waals surface area contributed by atoms with Crippen molar-refractivity contribution >= 4 is 29.2 Å². The number of thiazole rings is 1. The molecular weight excluding hydrogens is 545 g/mol. The molecule has 224 valence electrons. The Morgan fingerprint density at radius 2 is 1.90 bits per heavy atom. The second kappa shape index (κ2) is 14.0. The summed E-state index contributed by atoms with van der Waals surface area (Å²) in [5, 5.41) is 24.2. The molecule has 5 unspecified atom stereocenters. The number of hydrogen-bond acceptors (Lipinski definition) is 8. The van der Waals surface area contributed by atoms with Crippen LogP contribution in [0.2, 0.25) is 0 Å². The number of allylic oxidation sites excluding steroid dienone is 2. The molecule has 0 bridgehead atoms. The second-order valence-corrected chi connectivity index (χ2v) is 12.3. The van der Waals surface area contributed by atoms with Gasteiger partial charge in [-0.05, 0) is 39.1 Å². The highest BCUT2D eigenvalue weighted by Crippen LogP contribution is 2.33. The molecule has 1 aromatic heterocycles. The maximum atomic E-state index is 13.9. The molecule has 1 aromatic rings. The van der Waals surface area contributed by atoms with E-state index in [1.807, 2.05) is 24.4 Å². The van der Waals surface area contributed by atoms with Crippen molar-refractivity contribution in [2.24, 2.45) is 17.3 Å². The van der Waals surface area contributed by atoms with Gasteiger partial charge in [0.1, 0.15) is 16.9 Å². The summed E-state index contributed by atoms with van der Waals surface area (Å²) in [4.78, 5) is 32.6. The fraction of sp³-hybridized carbons (Fsp3) is 0.621. The van der Waals surface area contributed by atoms with Gasteiger partial charge in [-0.1, -0.05) is 45.9 Å². The van der Waals surface area contributed by atoms with Crippen LogP contribution in [0.3, 0.4) is 0 Å². The predicted molar refractivity (Wildman–Crippen MR) is 149 cm³/mol. The SMILES string of the molecule is C/C(=C\c1csc(CN(C)C)n1)C1C/C=C(/C(F)(F)F)C/C=C/C(C)C(O)C(C)C(=O)C(C)(C)C(O)CC(=O)O1. The van der Waals surface area contributed by atoms with E-state index in [1.54, 1.807) is 19.9 Å². The van der Waals surface area contributed by atoms with Gasteiger partial charge in [-0.2, -0.15) is 13.2 Å². The maximum absolute atomic E-state index is 13.9. The summed E-state index contributed by atoms with van der Waals surface area (Å²) in [6.45, 7) is 8.38. The number of carbonyl (C=O) groups is 2. The lowest BCUT2D eigenvalue weighted by Crippen LogP contribution is -2.45. The number of ketones is 1. The molecule has 5 atom stereocenters. The summed E-state index contributed by atoms with van der Waals surface area (Å²) in [7, 11) is 3.82. The molecule has 40 heavy (non-hydrogen) atoms. The summed E-state index contributed by atoms with van der Waals surface area (Å²) in [5.74, 6) is -2.87. The van der Waals surface area contributed by atoms with E-state index in [4.69, 9.17) is 4.74 Å². The molecule has 2 N–H and O–H groups in total. The normalized spacial score (nSPS) is 30.1. The van der Waals surface area contributed by atoms with Crippen molar-refractivity contribution in [1.82, 2.24) is 9.88 Å². The van der Waals surface area contributed by atoms with Crippen LogP contribution in [0, 0.1) is 17.3 Å². The number of Topliss-reactive ketones (excluding diaryl/α,β-unsaturated/α-hetero) is 1. The molecule has 1 aliphatic heterocycles. The fourth-order valence-electron chi connectivity index (χ4n) is 4.46. The minimum Gasteiger partial charge on any atom is -0.457 e. The van der Waals surface area contributed by atoms with Crippen molar-refractivity contribution in [1.29, 1.82) is 0 Å². The van der Waals surface area contributed by atoms with Crippen LogP contribution in [0.5, 0.6) is 0 Å². The molecule has 0 radical (unpaired) electrons. The Balaban J connectivity index is 2.49. The van der Waals surface area contributed by atoms with Crippen molar-refractivity contribution in [3.63, 3.8) is 0 Å². The number of aliphatic hydroxyl groups is 2. The number of halogens is 3. The Morgan fingerprint density at radius 3 is 2.50 bits per heavy atom. The molecule has 0 amide bonds. The first-order valence-electron chi connectivity index (χ1n) is 13.2. The van der Waals surface area contributed by atoms with Crippen LogP contribution >= 0.6 is 11.3 Å². The molecule has 0 saturated heterocycles. The first kappa shape index (κ1) is 33.9. The molecule has 0 aliphatic carbocycles. The smallest absolute Gasteiger partial charge is 0.412 e. The third-order valence-electron chi connectivity index (χ3n) is 7.19. The van der Waals surface area contributed by atoms with Gasteiger partial charge >= 0.3 is 12.1 Å². The highest BCUT2D eigenvalue weighted by molar-refractivity contribution is 7.09. The van der Waals surface area contributed by atoms with E-state index in [9.17, 15) is 33.0 Å². The number of alkyl halides is 3. The van der Waals surface area contributed by atoms with E-state index in [2.05, 4.69) is 4.98 Å². The molecule has 0 saturated carbocycles. The number of aliphatic hydroxyl groups excluding tert-OH is 2. The largest absolute Gasteiger partial charge is 0.457 e. The van der Waals surface area contributed by atoms with Gasteiger partial charge in [0.25, 0.3) is 0 Å². The Labute approximate surface area is 238 Å². The van der Waals surface area contributed by atoms with Crippen LogP contribution in [-0.4, -0.2) is 70.4 Å². The van der Waals surface area contributed by atoms with Gasteiger partial charge in [0.2, 0.25) is 0 Å². The molecule has 11 heteroatoms. The van der Waals surface area contributed by atoms with Gasteiger partial charge in [-0.25, -0.2) is 4.98 Å². The van der Waals surface area contributed by atoms with E-state index in [0.29, 0.717) is 17.8 Å². The van der Waals surface area contributed by atoms with Crippen molar-refractivity contribution < 1.29 is 37.7 Å². The molecule has 2 rings (SSSR count). The lowest BCUT2D eigenvalue weighted by Gasteiger charge is -2.34. The summed E-state index contributed by atoms with van der Waals surface area (Å²) >= 11 is 1.44. The Kier molecular flexibility index (Phi) is 11.9. The molecular formula is C29H41F3N2O5S. The number of aromatic nitrogens is 1. The van der Waals surface area contributed by atoms with E-state index < -0.39 is 71.9 Å². The Hall–Kier alpha value is -2.34. The Morgan fingerprint density at radius 1 is 1.25 bits per heavy atom. The number of rotatable bonds is 4. The molecule has 1 aliphatic rings. The van der Waals surface area contributed by atoms with E-state index in [1.165, 1.54) is 44.3 Å². The highest BCUT2D eigenvalue weighted by atomic mass is 32.1. The van der Waals surface area contributed by atoms with Crippen molar-refractivity contribution in [3.05, 3.63) is 45.5 Å². The number of nitrogens with zero attached hydrogens (tertiary/aromatic N) is 2. The fourth-order valence-corrected chi connectivity index (χ4v) is 5.32. The minimum atomic E-state index is -4.62. The third-order valence-corrected chi connectivity index (χ3v) is 8.04. The highest BCUT2D eigenvalue weighted by Gasteiger charge is 2.42. The molecule has 7 nitrogen and oxygen atoms in total. The molecule has 0 fully saturated rings. The van der Waals surface area contributed by atoms with Crippen molar-refractivity contribution in [3.8, 4) is 0 Å². The van der Waals surface area contributed by atoms with Gasteiger partial charge in [0.15, 0.2) is 0 Å². The summed E-state index contributed by atoms with van der Waals surface area (Å²) in [6, 6.07) is 0. The van der Waals surface area contributed by atoms with Gasteiger partial charge < -0.3 is 19.8 Å². The molecule has 0 spiro atoms. The lowest BCUT2D eigenvalue weighted by atomic mass is 9.73. The van der Waals surface area contributed by atoms with Crippen LogP contribution < -0.4 is 0 Å².